The van der Waals surface area contributed by atoms with E-state index in [2.05, 4.69) is 0 Å². The third-order valence-corrected chi connectivity index (χ3v) is 0. The summed E-state index contributed by atoms with van der Waals surface area (Å²) >= 11 is 0. The first kappa shape index (κ1) is 266. The van der Waals surface area contributed by atoms with E-state index in [0.717, 1.165) is 0 Å². The molecule has 0 aliphatic carbocycles. The normalized spacial score (nSPS) is 0. The maximum absolute atomic E-state index is 0. The molecule has 6 nitrogen and oxygen atoms in total. The van der Waals surface area contributed by atoms with Gasteiger partial charge < -0.3 is 32.9 Å². The maximum Gasteiger partial charge on any atom is 1.00 e. The minimum atomic E-state index is 0. The fraction of sp³-hybridized carbons (Fsp3) is 0. The Morgan fingerprint density at radius 1 is 0.200 bits per heavy atom. The van der Waals surface area contributed by atoms with Gasteiger partial charge in [-0.1, -0.05) is 0 Å². The van der Waals surface area contributed by atoms with Crippen LogP contribution in [0.15, 0.2) is 0 Å². The third kappa shape index (κ3) is 203. The summed E-state index contributed by atoms with van der Waals surface area (Å²) < 4.78 is 0. The second kappa shape index (κ2) is 227. The topological polar surface area (TPSA) is 171 Å². The molecule has 0 aliphatic heterocycles. The fourth-order valence-corrected chi connectivity index (χ4v) is 0. The molecular weight excluding hydrogens is 273 g/mol. The number of hydrogen-bond donors (Lipinski definition) is 0. The van der Waals surface area contributed by atoms with E-state index in [1.807, 2.05) is 0 Å². The molecule has 0 saturated carbocycles. The first-order valence-corrected chi connectivity index (χ1v) is 0. The number of rotatable bonds is 0. The van der Waals surface area contributed by atoms with Crippen LogP contribution in [0.5, 0.6) is 0 Å². The van der Waals surface area contributed by atoms with Gasteiger partial charge in [0, 0.05) is 24.4 Å². The van der Waals surface area contributed by atoms with Crippen molar-refractivity contribution in [2.24, 2.45) is 0 Å². The van der Waals surface area contributed by atoms with Crippen LogP contribution in [0.3, 0.4) is 0 Å². The Morgan fingerprint density at radius 3 is 0.200 bits per heavy atom. The van der Waals surface area contributed by atoms with E-state index in [9.17, 15) is 0 Å². The Balaban J connectivity index is 0. The largest absolute Gasteiger partial charge is 2.00 e. The van der Waals surface area contributed by atoms with Crippen molar-refractivity contribution in [2.45, 2.75) is 0 Å². The minimum absolute atomic E-state index is 0. The minimum Gasteiger partial charge on any atom is -2.00 e. The van der Waals surface area contributed by atoms with Crippen LogP contribution in [-0.2, 0) is 32.9 Å². The molecular formula is Li8O6Sb-4. The Bertz CT molecular complexity index is 19.1. The molecule has 0 aliphatic rings. The molecule has 0 heterocycles. The van der Waals surface area contributed by atoms with Crippen molar-refractivity contribution in [1.82, 2.24) is 0 Å². The summed E-state index contributed by atoms with van der Waals surface area (Å²) in [5, 5.41) is 0. The van der Waals surface area contributed by atoms with Gasteiger partial charge in [-0.15, -0.1) is 0 Å². The quantitative estimate of drug-likeness (QED) is 0.382. The fourth-order valence-electron chi connectivity index (χ4n) is 0. The van der Waals surface area contributed by atoms with Crippen molar-refractivity contribution in [3.05, 3.63) is 0 Å². The predicted octanol–water partition coefficient (Wildman–Crippen LogP) is -25.1. The SMILES string of the molecule is [Li+].[Li+].[Li+].[Li+].[Li+].[Li+].[Li+].[Li+].[O-2].[O-2].[O-2].[O-2].[O-2].[O-2].[Sb]. The molecule has 15 heteroatoms. The van der Waals surface area contributed by atoms with Crippen LogP contribution in [0.25, 0.3) is 0 Å². The van der Waals surface area contributed by atoms with Gasteiger partial charge in [0.15, 0.2) is 0 Å². The Morgan fingerprint density at radius 2 is 0.200 bits per heavy atom. The third-order valence-electron chi connectivity index (χ3n) is 0. The van der Waals surface area contributed by atoms with Crippen LogP contribution in [0.2, 0.25) is 0 Å². The van der Waals surface area contributed by atoms with Crippen molar-refractivity contribution in [3.63, 3.8) is 0 Å². The maximum atomic E-state index is 0. The van der Waals surface area contributed by atoms with Crippen LogP contribution in [-0.4, -0.2) is 24.4 Å². The second-order valence-electron chi connectivity index (χ2n) is 0. The standard InChI is InChI=1S/8Li.6O.Sb/q8*+1;6*-2;. The van der Waals surface area contributed by atoms with Crippen LogP contribution in [0, 0.1) is 0 Å². The predicted molar refractivity (Wildman–Crippen MR) is 9.87 cm³/mol. The molecule has 3 radical (unpaired) electrons. The molecule has 0 spiro atoms. The van der Waals surface area contributed by atoms with Crippen molar-refractivity contribution in [2.75, 3.05) is 0 Å². The van der Waals surface area contributed by atoms with E-state index >= 15 is 0 Å². The van der Waals surface area contributed by atoms with Gasteiger partial charge in [-0.25, -0.2) is 0 Å². The molecule has 53 valence electrons. The Hall–Kier alpha value is 5.36. The van der Waals surface area contributed by atoms with E-state index in [1.165, 1.54) is 0 Å². The van der Waals surface area contributed by atoms with Gasteiger partial charge in [-0.3, -0.25) is 0 Å². The zero-order chi connectivity index (χ0) is 0. The first-order chi connectivity index (χ1) is 0. The zero-order valence-electron chi connectivity index (χ0n) is 10.9. The van der Waals surface area contributed by atoms with Crippen molar-refractivity contribution in [3.8, 4) is 0 Å². The molecule has 15 heavy (non-hydrogen) atoms. The molecule has 0 aromatic heterocycles. The van der Waals surface area contributed by atoms with E-state index in [4.69, 9.17) is 0 Å². The summed E-state index contributed by atoms with van der Waals surface area (Å²) in [5.41, 5.74) is 0. The van der Waals surface area contributed by atoms with E-state index in [0.29, 0.717) is 0 Å². The van der Waals surface area contributed by atoms with Crippen LogP contribution < -0.4 is 151 Å². The first-order valence-electron chi connectivity index (χ1n) is 0. The molecule has 0 amide bonds. The van der Waals surface area contributed by atoms with Gasteiger partial charge in [0.25, 0.3) is 0 Å². The molecule has 0 saturated heterocycles. The monoisotopic (exact) mass is 273 g/mol. The summed E-state index contributed by atoms with van der Waals surface area (Å²) in [6.07, 6.45) is 0. The summed E-state index contributed by atoms with van der Waals surface area (Å²) in [4.78, 5) is 0. The summed E-state index contributed by atoms with van der Waals surface area (Å²) in [7, 11) is 0. The molecule has 0 N–H and O–H groups in total. The van der Waals surface area contributed by atoms with Crippen molar-refractivity contribution in [1.29, 1.82) is 0 Å². The Kier molecular flexibility index (Phi) is 4030. The molecule has 0 bridgehead atoms. The van der Waals surface area contributed by atoms with Gasteiger partial charge in [0.2, 0.25) is 0 Å². The summed E-state index contributed by atoms with van der Waals surface area (Å²) in [6, 6.07) is 0. The average molecular weight is 273 g/mol. The van der Waals surface area contributed by atoms with Gasteiger partial charge in [-0.05, 0) is 0 Å². The number of hydrogen-bond acceptors (Lipinski definition) is 0. The van der Waals surface area contributed by atoms with Gasteiger partial charge in [0.1, 0.15) is 0 Å². The molecule has 0 aromatic carbocycles. The van der Waals surface area contributed by atoms with Crippen LogP contribution in [0.4, 0.5) is 0 Å². The van der Waals surface area contributed by atoms with E-state index in [-0.39, 0.29) is 208 Å². The van der Waals surface area contributed by atoms with Crippen molar-refractivity contribution >= 4 is 24.4 Å². The summed E-state index contributed by atoms with van der Waals surface area (Å²) in [5.74, 6) is 0. The Labute approximate surface area is 204 Å². The van der Waals surface area contributed by atoms with E-state index < -0.39 is 0 Å². The zero-order valence-corrected chi connectivity index (χ0v) is 13.4. The molecule has 0 aromatic rings. The molecule has 0 rings (SSSR count). The second-order valence-corrected chi connectivity index (χ2v) is 0. The molecule has 0 fully saturated rings. The molecule has 0 atom stereocenters. The van der Waals surface area contributed by atoms with Crippen molar-refractivity contribution < 1.29 is 184 Å². The average Bonchev–Trinajstić information content (AvgIpc) is 0. The molecule has 0 unspecified atom stereocenters. The van der Waals surface area contributed by atoms with Gasteiger partial charge in [0.05, 0.1) is 0 Å². The smallest absolute Gasteiger partial charge is 1.00 e. The van der Waals surface area contributed by atoms with Gasteiger partial charge in [-0.2, -0.15) is 0 Å². The summed E-state index contributed by atoms with van der Waals surface area (Å²) in [6.45, 7) is 0. The van der Waals surface area contributed by atoms with E-state index in [1.54, 1.807) is 0 Å². The van der Waals surface area contributed by atoms with Gasteiger partial charge >= 0.3 is 151 Å². The van der Waals surface area contributed by atoms with Crippen LogP contribution in [0.1, 0.15) is 0 Å². The van der Waals surface area contributed by atoms with Crippen LogP contribution >= 0.6 is 0 Å².